The summed E-state index contributed by atoms with van der Waals surface area (Å²) >= 11 is 0. The quantitative estimate of drug-likeness (QED) is 0.625. The average molecular weight is 315 g/mol. The summed E-state index contributed by atoms with van der Waals surface area (Å²) in [6.07, 6.45) is 3.52. The minimum Gasteiger partial charge on any atom is -0.435 e. The molecule has 5 nitrogen and oxygen atoms in total. The molecule has 1 amide bonds. The number of primary amides is 1. The van der Waals surface area contributed by atoms with Gasteiger partial charge in [0.1, 0.15) is 5.52 Å². The standard InChI is InChI=1S/C19H13N3O2/c20-18(23)15-2-1-3-16-17(15)24-19(22-16)14-6-4-12(5-7-14)13-8-10-21-11-9-13/h1-11H,(H2,20,23). The summed E-state index contributed by atoms with van der Waals surface area (Å²) in [7, 11) is 0. The van der Waals surface area contributed by atoms with Gasteiger partial charge >= 0.3 is 0 Å². The van der Waals surface area contributed by atoms with Gasteiger partial charge in [-0.25, -0.2) is 4.98 Å². The molecule has 4 rings (SSSR count). The molecule has 0 aliphatic carbocycles. The molecule has 2 aromatic carbocycles. The highest BCUT2D eigenvalue weighted by Crippen LogP contribution is 2.28. The van der Waals surface area contributed by atoms with Crippen molar-refractivity contribution in [3.8, 4) is 22.6 Å². The molecule has 116 valence electrons. The molecule has 24 heavy (non-hydrogen) atoms. The molecule has 0 fully saturated rings. The summed E-state index contributed by atoms with van der Waals surface area (Å²) < 4.78 is 5.77. The fourth-order valence-corrected chi connectivity index (χ4v) is 2.62. The zero-order chi connectivity index (χ0) is 16.5. The second-order valence-corrected chi connectivity index (χ2v) is 5.35. The maximum absolute atomic E-state index is 11.5. The first-order chi connectivity index (χ1) is 11.7. The van der Waals surface area contributed by atoms with E-state index in [9.17, 15) is 4.79 Å². The third-order valence-electron chi connectivity index (χ3n) is 3.83. The third-order valence-corrected chi connectivity index (χ3v) is 3.83. The number of pyridine rings is 1. The van der Waals surface area contributed by atoms with Gasteiger partial charge in [-0.1, -0.05) is 18.2 Å². The fraction of sp³-hybridized carbons (Fsp3) is 0. The lowest BCUT2D eigenvalue weighted by molar-refractivity contribution is 0.100. The van der Waals surface area contributed by atoms with Gasteiger partial charge < -0.3 is 10.2 Å². The second-order valence-electron chi connectivity index (χ2n) is 5.35. The van der Waals surface area contributed by atoms with Crippen LogP contribution >= 0.6 is 0 Å². The zero-order valence-corrected chi connectivity index (χ0v) is 12.6. The van der Waals surface area contributed by atoms with E-state index in [0.29, 0.717) is 22.6 Å². The van der Waals surface area contributed by atoms with Gasteiger partial charge in [-0.05, 0) is 47.5 Å². The number of rotatable bonds is 3. The summed E-state index contributed by atoms with van der Waals surface area (Å²) in [4.78, 5) is 20.0. The Hall–Kier alpha value is -3.47. The fourth-order valence-electron chi connectivity index (χ4n) is 2.62. The van der Waals surface area contributed by atoms with Crippen LogP contribution in [-0.2, 0) is 0 Å². The molecule has 0 bridgehead atoms. The predicted octanol–water partition coefficient (Wildman–Crippen LogP) is 3.66. The van der Waals surface area contributed by atoms with Crippen molar-refractivity contribution in [3.05, 3.63) is 72.6 Å². The van der Waals surface area contributed by atoms with Crippen LogP contribution in [0, 0.1) is 0 Å². The molecule has 2 N–H and O–H groups in total. The Morgan fingerprint density at radius 3 is 2.25 bits per heavy atom. The summed E-state index contributed by atoms with van der Waals surface area (Å²) in [5.74, 6) is -0.0729. The van der Waals surface area contributed by atoms with Crippen LogP contribution in [0.3, 0.4) is 0 Å². The maximum atomic E-state index is 11.5. The number of carbonyl (C=O) groups excluding carboxylic acids is 1. The monoisotopic (exact) mass is 315 g/mol. The topological polar surface area (TPSA) is 82.0 Å². The molecule has 5 heteroatoms. The number of hydrogen-bond acceptors (Lipinski definition) is 4. The summed E-state index contributed by atoms with van der Waals surface area (Å²) in [5, 5.41) is 0. The van der Waals surface area contributed by atoms with Crippen LogP contribution in [0.4, 0.5) is 0 Å². The summed E-state index contributed by atoms with van der Waals surface area (Å²) in [5.41, 5.74) is 9.74. The Balaban J connectivity index is 1.75. The highest BCUT2D eigenvalue weighted by Gasteiger charge is 2.14. The van der Waals surface area contributed by atoms with E-state index in [2.05, 4.69) is 9.97 Å². The van der Waals surface area contributed by atoms with E-state index < -0.39 is 5.91 Å². The lowest BCUT2D eigenvalue weighted by atomic mass is 10.1. The number of benzene rings is 2. The Kier molecular flexibility index (Phi) is 3.31. The van der Waals surface area contributed by atoms with Crippen LogP contribution in [-0.4, -0.2) is 15.9 Å². The highest BCUT2D eigenvalue weighted by molar-refractivity contribution is 6.03. The van der Waals surface area contributed by atoms with Gasteiger partial charge in [0, 0.05) is 18.0 Å². The number of oxazole rings is 1. The summed E-state index contributed by atoms with van der Waals surface area (Å²) in [6, 6.07) is 16.9. The van der Waals surface area contributed by atoms with Gasteiger partial charge in [0.2, 0.25) is 5.89 Å². The molecule has 2 heterocycles. The van der Waals surface area contributed by atoms with E-state index in [1.54, 1.807) is 30.6 Å². The zero-order valence-electron chi connectivity index (χ0n) is 12.6. The van der Waals surface area contributed by atoms with Gasteiger partial charge in [0.05, 0.1) is 5.56 Å². The number of fused-ring (bicyclic) bond motifs is 1. The Labute approximate surface area is 137 Å². The normalized spacial score (nSPS) is 10.8. The number of hydrogen-bond donors (Lipinski definition) is 1. The van der Waals surface area contributed by atoms with E-state index >= 15 is 0 Å². The number of aromatic nitrogens is 2. The molecule has 0 atom stereocenters. The second kappa shape index (κ2) is 5.62. The van der Waals surface area contributed by atoms with Crippen molar-refractivity contribution in [3.63, 3.8) is 0 Å². The van der Waals surface area contributed by atoms with E-state index in [0.717, 1.165) is 16.7 Å². The van der Waals surface area contributed by atoms with Crippen molar-refractivity contribution in [1.29, 1.82) is 0 Å². The van der Waals surface area contributed by atoms with Gasteiger partial charge in [-0.2, -0.15) is 0 Å². The largest absolute Gasteiger partial charge is 0.435 e. The van der Waals surface area contributed by atoms with E-state index in [4.69, 9.17) is 10.2 Å². The van der Waals surface area contributed by atoms with E-state index in [1.807, 2.05) is 36.4 Å². The van der Waals surface area contributed by atoms with Crippen LogP contribution in [0.25, 0.3) is 33.7 Å². The van der Waals surface area contributed by atoms with E-state index in [-0.39, 0.29) is 0 Å². The smallest absolute Gasteiger partial charge is 0.252 e. The van der Waals surface area contributed by atoms with Crippen molar-refractivity contribution >= 4 is 17.0 Å². The van der Waals surface area contributed by atoms with Crippen molar-refractivity contribution in [2.24, 2.45) is 5.73 Å². The Morgan fingerprint density at radius 2 is 1.54 bits per heavy atom. The van der Waals surface area contributed by atoms with Crippen LogP contribution in [0.15, 0.2) is 71.4 Å². The maximum Gasteiger partial charge on any atom is 0.252 e. The average Bonchev–Trinajstić information content (AvgIpc) is 3.06. The lowest BCUT2D eigenvalue weighted by Gasteiger charge is -2.01. The lowest BCUT2D eigenvalue weighted by Crippen LogP contribution is -2.10. The SMILES string of the molecule is NC(=O)c1cccc2nc(-c3ccc(-c4ccncc4)cc3)oc12. The predicted molar refractivity (Wildman–Crippen MR) is 91.2 cm³/mol. The molecular weight excluding hydrogens is 302 g/mol. The van der Waals surface area contributed by atoms with Crippen molar-refractivity contribution in [1.82, 2.24) is 9.97 Å². The number of carbonyl (C=O) groups is 1. The molecule has 0 radical (unpaired) electrons. The first-order valence-electron chi connectivity index (χ1n) is 7.42. The van der Waals surface area contributed by atoms with Crippen LogP contribution in [0.5, 0.6) is 0 Å². The Bertz CT molecular complexity index is 1020. The van der Waals surface area contributed by atoms with Gasteiger partial charge in [0.25, 0.3) is 5.91 Å². The molecule has 0 unspecified atom stereocenters. The molecule has 0 saturated heterocycles. The number of amides is 1. The van der Waals surface area contributed by atoms with Crippen molar-refractivity contribution in [2.45, 2.75) is 0 Å². The first-order valence-corrected chi connectivity index (χ1v) is 7.42. The molecule has 4 aromatic rings. The minimum absolute atomic E-state index is 0.333. The third kappa shape index (κ3) is 2.42. The van der Waals surface area contributed by atoms with Crippen molar-refractivity contribution < 1.29 is 9.21 Å². The van der Waals surface area contributed by atoms with Crippen LogP contribution in [0.2, 0.25) is 0 Å². The number of para-hydroxylation sites is 1. The molecule has 0 saturated carbocycles. The van der Waals surface area contributed by atoms with Gasteiger partial charge in [-0.15, -0.1) is 0 Å². The van der Waals surface area contributed by atoms with Crippen molar-refractivity contribution in [2.75, 3.05) is 0 Å². The van der Waals surface area contributed by atoms with Gasteiger partial charge in [-0.3, -0.25) is 9.78 Å². The molecule has 0 aliphatic heterocycles. The van der Waals surface area contributed by atoms with Gasteiger partial charge in [0.15, 0.2) is 5.58 Å². The Morgan fingerprint density at radius 1 is 0.875 bits per heavy atom. The molecule has 2 aromatic heterocycles. The minimum atomic E-state index is -0.531. The van der Waals surface area contributed by atoms with Crippen LogP contribution in [0.1, 0.15) is 10.4 Å². The molecule has 0 aliphatic rings. The highest BCUT2D eigenvalue weighted by atomic mass is 16.3. The van der Waals surface area contributed by atoms with Crippen LogP contribution < -0.4 is 5.73 Å². The number of nitrogens with zero attached hydrogens (tertiary/aromatic N) is 2. The first kappa shape index (κ1) is 14.1. The molecular formula is C19H13N3O2. The summed E-state index contributed by atoms with van der Waals surface area (Å²) in [6.45, 7) is 0. The molecule has 0 spiro atoms. The van der Waals surface area contributed by atoms with E-state index in [1.165, 1.54) is 0 Å². The number of nitrogens with two attached hydrogens (primary N) is 1.